The van der Waals surface area contributed by atoms with E-state index in [1.165, 1.54) is 117 Å². The van der Waals surface area contributed by atoms with Crippen LogP contribution in [0.25, 0.3) is 55.6 Å². The molecule has 0 N–H and O–H groups in total. The second-order valence-electron chi connectivity index (χ2n) is 20.9. The highest BCUT2D eigenvalue weighted by molar-refractivity contribution is 5.97. The highest BCUT2D eigenvalue weighted by atomic mass is 16.5. The normalized spacial score (nSPS) is 14.3. The van der Waals surface area contributed by atoms with Crippen molar-refractivity contribution >= 4 is 0 Å². The van der Waals surface area contributed by atoms with E-state index >= 15 is 0 Å². The number of para-hydroxylation sites is 4. The van der Waals surface area contributed by atoms with Gasteiger partial charge in [-0.1, -0.05) is 255 Å². The predicted octanol–water partition coefficient (Wildman–Crippen LogP) is 18.8. The van der Waals surface area contributed by atoms with Crippen molar-refractivity contribution < 1.29 is 9.47 Å². The molecule has 2 heterocycles. The van der Waals surface area contributed by atoms with Crippen molar-refractivity contribution in [2.75, 3.05) is 0 Å². The van der Waals surface area contributed by atoms with Gasteiger partial charge in [-0.25, -0.2) is 0 Å². The average molecular weight is 981 g/mol. The maximum absolute atomic E-state index is 6.68. The van der Waals surface area contributed by atoms with Crippen molar-refractivity contribution in [2.45, 2.75) is 16.7 Å². The first-order chi connectivity index (χ1) is 38.2. The van der Waals surface area contributed by atoms with E-state index in [4.69, 9.17) is 9.47 Å². The van der Waals surface area contributed by atoms with Gasteiger partial charge in [0, 0.05) is 28.2 Å². The highest BCUT2D eigenvalue weighted by Gasteiger charge is 2.53. The van der Waals surface area contributed by atoms with Gasteiger partial charge in [0.25, 0.3) is 0 Å². The van der Waals surface area contributed by atoms with Crippen LogP contribution in [0.5, 0.6) is 23.0 Å². The summed E-state index contributed by atoms with van der Waals surface area (Å²) in [7, 11) is 0. The van der Waals surface area contributed by atoms with E-state index in [1.807, 2.05) is 0 Å². The molecule has 2 heteroatoms. The number of rotatable bonds is 6. The van der Waals surface area contributed by atoms with E-state index < -0.39 is 10.8 Å². The van der Waals surface area contributed by atoms with Gasteiger partial charge in [0.1, 0.15) is 23.0 Å². The van der Waals surface area contributed by atoms with Gasteiger partial charge in [0.15, 0.2) is 0 Å². The van der Waals surface area contributed by atoms with Gasteiger partial charge < -0.3 is 9.47 Å². The van der Waals surface area contributed by atoms with Gasteiger partial charge in [-0.3, -0.25) is 0 Å². The Bertz CT molecular complexity index is 4260. The Morgan fingerprint density at radius 2 is 0.610 bits per heavy atom. The Morgan fingerprint density at radius 1 is 0.221 bits per heavy atom. The smallest absolute Gasteiger partial charge is 0.132 e. The molecule has 1 unspecified atom stereocenters. The Morgan fingerprint density at radius 3 is 1.19 bits per heavy atom. The summed E-state index contributed by atoms with van der Waals surface area (Å²) in [5, 5.41) is 0. The van der Waals surface area contributed by atoms with Gasteiger partial charge in [0.2, 0.25) is 0 Å². The summed E-state index contributed by atoms with van der Waals surface area (Å²) in [4.78, 5) is 0. The fourth-order valence-electron chi connectivity index (χ4n) is 14.0. The van der Waals surface area contributed by atoms with Gasteiger partial charge in [-0.2, -0.15) is 0 Å². The van der Waals surface area contributed by atoms with Gasteiger partial charge >= 0.3 is 0 Å². The Labute approximate surface area is 448 Å². The third kappa shape index (κ3) is 6.24. The van der Waals surface area contributed by atoms with Gasteiger partial charge in [-0.15, -0.1) is 0 Å². The summed E-state index contributed by atoms with van der Waals surface area (Å²) in [5.41, 5.74) is 24.6. The quantitative estimate of drug-likeness (QED) is 0.155. The molecule has 2 aliphatic carbocycles. The van der Waals surface area contributed by atoms with E-state index in [0.29, 0.717) is 0 Å². The molecule has 0 saturated heterocycles. The zero-order valence-corrected chi connectivity index (χ0v) is 42.0. The third-order valence-electron chi connectivity index (χ3n) is 17.2. The molecule has 360 valence electrons. The number of ether oxygens (including phenoxy) is 2. The van der Waals surface area contributed by atoms with Crippen LogP contribution in [0.15, 0.2) is 285 Å². The number of hydrogen-bond donors (Lipinski definition) is 0. The van der Waals surface area contributed by atoms with E-state index in [9.17, 15) is 0 Å². The number of fused-ring (bicyclic) bond motifs is 18. The molecule has 16 rings (SSSR count). The van der Waals surface area contributed by atoms with Crippen molar-refractivity contribution in [3.05, 3.63) is 346 Å². The van der Waals surface area contributed by atoms with Crippen LogP contribution < -0.4 is 9.47 Å². The third-order valence-corrected chi connectivity index (χ3v) is 17.2. The molecule has 2 aliphatic heterocycles. The van der Waals surface area contributed by atoms with Crippen molar-refractivity contribution in [1.29, 1.82) is 0 Å². The first-order valence-corrected chi connectivity index (χ1v) is 26.8. The second-order valence-corrected chi connectivity index (χ2v) is 20.9. The average Bonchev–Trinajstić information content (AvgIpc) is 4.20. The van der Waals surface area contributed by atoms with Crippen LogP contribution >= 0.6 is 0 Å². The minimum absolute atomic E-state index is 0.0624. The zero-order chi connectivity index (χ0) is 50.7. The van der Waals surface area contributed by atoms with Crippen LogP contribution in [0.1, 0.15) is 67.1 Å². The lowest BCUT2D eigenvalue weighted by molar-refractivity contribution is 0.436. The minimum atomic E-state index is -0.547. The Kier molecular flexibility index (Phi) is 9.56. The SMILES string of the molecule is c1ccc(-c2cccc(C(c3ccc(-c4cccc5c4-c4ccccc4C54c5ccccc5Oc5ccccc54)cc3)c3cccc(-c4ccc5c(c4)C4(c6ccccc6Oc6ccccc64)c4ccccc4-5)c3)c2)cc1. The first-order valence-electron chi connectivity index (χ1n) is 26.8. The van der Waals surface area contributed by atoms with E-state index in [2.05, 4.69) is 285 Å². The summed E-state index contributed by atoms with van der Waals surface area (Å²) in [6.07, 6.45) is 0. The molecule has 2 spiro atoms. The monoisotopic (exact) mass is 980 g/mol. The molecule has 77 heavy (non-hydrogen) atoms. The molecular formula is C75H48O2. The molecule has 1 atom stereocenters. The topological polar surface area (TPSA) is 18.5 Å². The van der Waals surface area contributed by atoms with Crippen LogP contribution in [0.2, 0.25) is 0 Å². The van der Waals surface area contributed by atoms with Gasteiger partial charge in [-0.05, 0) is 125 Å². The van der Waals surface area contributed by atoms with E-state index in [1.54, 1.807) is 0 Å². The second kappa shape index (κ2) is 16.9. The van der Waals surface area contributed by atoms with Crippen LogP contribution in [-0.2, 0) is 10.8 Å². The zero-order valence-electron chi connectivity index (χ0n) is 42.0. The maximum atomic E-state index is 6.68. The van der Waals surface area contributed by atoms with E-state index in [0.717, 1.165) is 23.0 Å². The number of benzene rings is 12. The largest absolute Gasteiger partial charge is 0.457 e. The fourth-order valence-corrected chi connectivity index (χ4v) is 14.0. The fraction of sp³-hybridized carbons (Fsp3) is 0.0400. The molecule has 0 fully saturated rings. The summed E-state index contributed by atoms with van der Waals surface area (Å²) >= 11 is 0. The predicted molar refractivity (Wildman–Crippen MR) is 311 cm³/mol. The lowest BCUT2D eigenvalue weighted by Crippen LogP contribution is -2.32. The molecule has 0 radical (unpaired) electrons. The Hall–Kier alpha value is -9.76. The lowest BCUT2D eigenvalue weighted by Gasteiger charge is -2.39. The molecule has 0 bridgehead atoms. The molecule has 0 saturated carbocycles. The summed E-state index contributed by atoms with van der Waals surface area (Å²) < 4.78 is 13.3. The summed E-state index contributed by atoms with van der Waals surface area (Å²) in [5.74, 6) is 3.53. The van der Waals surface area contributed by atoms with Crippen molar-refractivity contribution in [1.82, 2.24) is 0 Å². The van der Waals surface area contributed by atoms with Crippen molar-refractivity contribution in [3.8, 4) is 78.6 Å². The van der Waals surface area contributed by atoms with Crippen LogP contribution in [0.3, 0.4) is 0 Å². The highest BCUT2D eigenvalue weighted by Crippen LogP contribution is 2.65. The minimum Gasteiger partial charge on any atom is -0.457 e. The maximum Gasteiger partial charge on any atom is 0.132 e. The standard InChI is InChI=1S/C75H48O2/c1-2-19-48(20-3-1)51-21-16-23-54(45-51)72(50-41-39-49(40-42-50)56-27-18-34-66-73(56)59-26-5-7-29-61(59)74(66)62-30-8-12-35-68(62)76-69-36-13-9-31-63(69)74)55-24-17-22-52(46-55)53-43-44-58-57-25-4-6-28-60(57)75(67(58)47-53)64-32-10-14-37-70(64)77-71-38-15-11-33-65(71)75/h1-47,72H. The molecule has 2 nitrogen and oxygen atoms in total. The first kappa shape index (κ1) is 43.6. The molecule has 4 aliphatic rings. The molecule has 12 aromatic carbocycles. The molecule has 12 aromatic rings. The number of hydrogen-bond acceptors (Lipinski definition) is 2. The molecule has 0 aromatic heterocycles. The lowest BCUT2D eigenvalue weighted by atomic mass is 9.66. The van der Waals surface area contributed by atoms with Crippen molar-refractivity contribution in [2.24, 2.45) is 0 Å². The van der Waals surface area contributed by atoms with Gasteiger partial charge in [0.05, 0.1) is 10.8 Å². The summed E-state index contributed by atoms with van der Waals surface area (Å²) in [6, 6.07) is 105. The Balaban J connectivity index is 0.846. The molecular weight excluding hydrogens is 933 g/mol. The molecule has 0 amide bonds. The van der Waals surface area contributed by atoms with Crippen LogP contribution in [0.4, 0.5) is 0 Å². The van der Waals surface area contributed by atoms with E-state index in [-0.39, 0.29) is 5.92 Å². The van der Waals surface area contributed by atoms with Crippen LogP contribution in [-0.4, -0.2) is 0 Å². The summed E-state index contributed by atoms with van der Waals surface area (Å²) in [6.45, 7) is 0. The van der Waals surface area contributed by atoms with Crippen LogP contribution in [0, 0.1) is 0 Å². The van der Waals surface area contributed by atoms with Crippen molar-refractivity contribution in [3.63, 3.8) is 0 Å².